The molecule has 0 aromatic carbocycles. The predicted octanol–water partition coefficient (Wildman–Crippen LogP) is 1.76. The zero-order valence-electron chi connectivity index (χ0n) is 10.5. The Morgan fingerprint density at radius 2 is 1.94 bits per heavy atom. The third-order valence-electron chi connectivity index (χ3n) is 4.39. The molecule has 3 nitrogen and oxygen atoms in total. The molecule has 4 unspecified atom stereocenters. The third-order valence-corrected chi connectivity index (χ3v) is 4.39. The largest absolute Gasteiger partial charge is 0.340 e. The van der Waals surface area contributed by atoms with E-state index < -0.39 is 0 Å². The molecule has 92 valence electrons. The molecule has 1 aliphatic heterocycles. The molecule has 0 spiro atoms. The van der Waals surface area contributed by atoms with E-state index in [4.69, 9.17) is 5.73 Å². The first kappa shape index (κ1) is 11.9. The Kier molecular flexibility index (Phi) is 3.53. The van der Waals surface area contributed by atoms with Gasteiger partial charge in [0.1, 0.15) is 0 Å². The molecule has 1 aliphatic carbocycles. The molecule has 16 heavy (non-hydrogen) atoms. The van der Waals surface area contributed by atoms with E-state index >= 15 is 0 Å². The minimum Gasteiger partial charge on any atom is -0.340 e. The van der Waals surface area contributed by atoms with Gasteiger partial charge < -0.3 is 10.6 Å². The summed E-state index contributed by atoms with van der Waals surface area (Å²) in [4.78, 5) is 14.5. The fraction of sp³-hybridized carbons (Fsp3) is 0.923. The quantitative estimate of drug-likeness (QED) is 0.737. The van der Waals surface area contributed by atoms with Gasteiger partial charge in [-0.15, -0.1) is 0 Å². The summed E-state index contributed by atoms with van der Waals surface area (Å²) in [6, 6.07) is 0.512. The Balaban J connectivity index is 2.07. The highest BCUT2D eigenvalue weighted by molar-refractivity contribution is 5.80. The van der Waals surface area contributed by atoms with Crippen LogP contribution in [0.25, 0.3) is 0 Å². The summed E-state index contributed by atoms with van der Waals surface area (Å²) in [5, 5.41) is 0. The number of likely N-dealkylation sites (tertiary alicyclic amines) is 1. The lowest BCUT2D eigenvalue weighted by Crippen LogP contribution is -2.49. The van der Waals surface area contributed by atoms with Crippen LogP contribution < -0.4 is 5.73 Å². The Morgan fingerprint density at radius 1 is 1.19 bits per heavy atom. The van der Waals surface area contributed by atoms with Crippen LogP contribution in [0.1, 0.15) is 46.0 Å². The van der Waals surface area contributed by atoms with Crippen molar-refractivity contribution in [3.8, 4) is 0 Å². The molecule has 1 amide bonds. The van der Waals surface area contributed by atoms with Gasteiger partial charge in [-0.3, -0.25) is 4.79 Å². The van der Waals surface area contributed by atoms with E-state index in [1.807, 2.05) is 0 Å². The highest BCUT2D eigenvalue weighted by Crippen LogP contribution is 2.32. The van der Waals surface area contributed by atoms with Crippen LogP contribution in [-0.2, 0) is 4.79 Å². The standard InChI is InChI=1S/C13H24N2O/c1-9-5-3-7-11(14)12(9)13(16)15-8-4-6-10(15)2/h9-12H,3-8,14H2,1-2H3. The minimum atomic E-state index is 0.0781. The molecule has 1 heterocycles. The average Bonchev–Trinajstić information content (AvgIpc) is 2.64. The van der Waals surface area contributed by atoms with Gasteiger partial charge in [0.15, 0.2) is 0 Å². The van der Waals surface area contributed by atoms with Crippen molar-refractivity contribution in [3.05, 3.63) is 0 Å². The van der Waals surface area contributed by atoms with Gasteiger partial charge in [-0.05, 0) is 38.5 Å². The summed E-state index contributed by atoms with van der Waals surface area (Å²) >= 11 is 0. The van der Waals surface area contributed by atoms with Crippen molar-refractivity contribution in [2.75, 3.05) is 6.54 Å². The second-order valence-corrected chi connectivity index (χ2v) is 5.62. The molecule has 0 aromatic rings. The zero-order chi connectivity index (χ0) is 11.7. The summed E-state index contributed by atoms with van der Waals surface area (Å²) < 4.78 is 0. The smallest absolute Gasteiger partial charge is 0.227 e. The minimum absolute atomic E-state index is 0.0781. The van der Waals surface area contributed by atoms with Crippen LogP contribution in [0.5, 0.6) is 0 Å². The molecule has 2 N–H and O–H groups in total. The lowest BCUT2D eigenvalue weighted by molar-refractivity contribution is -0.139. The van der Waals surface area contributed by atoms with Gasteiger partial charge in [0.2, 0.25) is 5.91 Å². The first-order valence-corrected chi connectivity index (χ1v) is 6.67. The molecule has 2 aliphatic rings. The number of nitrogens with two attached hydrogens (primary N) is 1. The number of amides is 1. The first-order valence-electron chi connectivity index (χ1n) is 6.67. The summed E-state index contributed by atoms with van der Waals surface area (Å²) in [6.07, 6.45) is 5.67. The van der Waals surface area contributed by atoms with E-state index in [0.29, 0.717) is 17.9 Å². The fourth-order valence-corrected chi connectivity index (χ4v) is 3.34. The number of hydrogen-bond acceptors (Lipinski definition) is 2. The van der Waals surface area contributed by atoms with Crippen molar-refractivity contribution < 1.29 is 4.79 Å². The van der Waals surface area contributed by atoms with Gasteiger partial charge in [0.25, 0.3) is 0 Å². The lowest BCUT2D eigenvalue weighted by atomic mass is 9.76. The Labute approximate surface area is 98.4 Å². The molecule has 0 aromatic heterocycles. The fourth-order valence-electron chi connectivity index (χ4n) is 3.34. The van der Waals surface area contributed by atoms with Crippen molar-refractivity contribution in [2.45, 2.75) is 58.0 Å². The summed E-state index contributed by atoms with van der Waals surface area (Å²) in [5.41, 5.74) is 6.14. The highest BCUT2D eigenvalue weighted by atomic mass is 16.2. The zero-order valence-corrected chi connectivity index (χ0v) is 10.5. The molecule has 2 rings (SSSR count). The van der Waals surface area contributed by atoms with Crippen LogP contribution >= 0.6 is 0 Å². The second-order valence-electron chi connectivity index (χ2n) is 5.62. The first-order chi connectivity index (χ1) is 7.61. The number of carbonyl (C=O) groups excluding carboxylic acids is 1. The summed E-state index contributed by atoms with van der Waals surface area (Å²) in [7, 11) is 0. The van der Waals surface area contributed by atoms with Crippen molar-refractivity contribution >= 4 is 5.91 Å². The van der Waals surface area contributed by atoms with E-state index in [1.54, 1.807) is 0 Å². The Bertz CT molecular complexity index is 257. The van der Waals surface area contributed by atoms with Gasteiger partial charge >= 0.3 is 0 Å². The number of nitrogens with zero attached hydrogens (tertiary/aromatic N) is 1. The number of rotatable bonds is 1. The van der Waals surface area contributed by atoms with Crippen molar-refractivity contribution in [1.82, 2.24) is 4.90 Å². The number of hydrogen-bond donors (Lipinski definition) is 1. The van der Waals surface area contributed by atoms with Crippen molar-refractivity contribution in [3.63, 3.8) is 0 Å². The third kappa shape index (κ3) is 2.10. The van der Waals surface area contributed by atoms with Crippen LogP contribution in [0.3, 0.4) is 0 Å². The van der Waals surface area contributed by atoms with Crippen LogP contribution in [0.15, 0.2) is 0 Å². The summed E-state index contributed by atoms with van der Waals surface area (Å²) in [6.45, 7) is 5.28. The van der Waals surface area contributed by atoms with E-state index in [-0.39, 0.29) is 12.0 Å². The maximum atomic E-state index is 12.5. The Hall–Kier alpha value is -0.570. The molecule has 1 saturated heterocycles. The molecule has 2 fully saturated rings. The van der Waals surface area contributed by atoms with Gasteiger partial charge in [-0.2, -0.15) is 0 Å². The van der Waals surface area contributed by atoms with Crippen LogP contribution in [0, 0.1) is 11.8 Å². The van der Waals surface area contributed by atoms with Crippen LogP contribution in [-0.4, -0.2) is 29.4 Å². The van der Waals surface area contributed by atoms with Gasteiger partial charge in [0, 0.05) is 18.6 Å². The molecule has 0 bridgehead atoms. The highest BCUT2D eigenvalue weighted by Gasteiger charge is 2.38. The van der Waals surface area contributed by atoms with E-state index in [2.05, 4.69) is 18.7 Å². The maximum Gasteiger partial charge on any atom is 0.227 e. The molecule has 1 saturated carbocycles. The van der Waals surface area contributed by atoms with Gasteiger partial charge in [-0.1, -0.05) is 13.3 Å². The molecule has 3 heteroatoms. The van der Waals surface area contributed by atoms with E-state index in [9.17, 15) is 4.79 Å². The van der Waals surface area contributed by atoms with Crippen LogP contribution in [0.4, 0.5) is 0 Å². The van der Waals surface area contributed by atoms with Crippen molar-refractivity contribution in [1.29, 1.82) is 0 Å². The average molecular weight is 224 g/mol. The SMILES string of the molecule is CC1CCCC(N)C1C(=O)N1CCCC1C. The normalized spacial score (nSPS) is 40.1. The molecule has 0 radical (unpaired) electrons. The van der Waals surface area contributed by atoms with E-state index in [0.717, 1.165) is 32.2 Å². The van der Waals surface area contributed by atoms with Crippen molar-refractivity contribution in [2.24, 2.45) is 17.6 Å². The van der Waals surface area contributed by atoms with Gasteiger partial charge in [0.05, 0.1) is 5.92 Å². The molecular weight excluding hydrogens is 200 g/mol. The monoisotopic (exact) mass is 224 g/mol. The van der Waals surface area contributed by atoms with E-state index in [1.165, 1.54) is 6.42 Å². The maximum absolute atomic E-state index is 12.5. The lowest BCUT2D eigenvalue weighted by Gasteiger charge is -2.37. The topological polar surface area (TPSA) is 46.3 Å². The second kappa shape index (κ2) is 4.74. The number of carbonyl (C=O) groups is 1. The summed E-state index contributed by atoms with van der Waals surface area (Å²) in [5.74, 6) is 0.864. The van der Waals surface area contributed by atoms with Crippen LogP contribution in [0.2, 0.25) is 0 Å². The predicted molar refractivity (Wildman–Crippen MR) is 64.9 cm³/mol. The molecule has 4 atom stereocenters. The Morgan fingerprint density at radius 3 is 2.50 bits per heavy atom. The molecular formula is C13H24N2O. The van der Waals surface area contributed by atoms with Gasteiger partial charge in [-0.25, -0.2) is 0 Å².